The number of rotatable bonds is 6. The fourth-order valence-electron chi connectivity index (χ4n) is 3.88. The molecule has 3 amide bonds. The van der Waals surface area contributed by atoms with Crippen molar-refractivity contribution in [2.24, 2.45) is 0 Å². The van der Waals surface area contributed by atoms with E-state index in [1.807, 2.05) is 31.2 Å². The molecular weight excluding hydrogens is 340 g/mol. The first-order valence-electron chi connectivity index (χ1n) is 10.3. The Hall–Kier alpha value is -2.08. The lowest BCUT2D eigenvalue weighted by atomic mass is 10.2. The molecule has 0 saturated carbocycles. The lowest BCUT2D eigenvalue weighted by Gasteiger charge is -2.20. The first-order valence-corrected chi connectivity index (χ1v) is 10.3. The van der Waals surface area contributed by atoms with Crippen molar-refractivity contribution < 1.29 is 9.59 Å². The number of urea groups is 1. The summed E-state index contributed by atoms with van der Waals surface area (Å²) in [7, 11) is 0. The van der Waals surface area contributed by atoms with Gasteiger partial charge in [-0.2, -0.15) is 0 Å². The van der Waals surface area contributed by atoms with Crippen molar-refractivity contribution in [3.63, 3.8) is 0 Å². The number of nitrogens with one attached hydrogen (secondary N) is 2. The molecule has 2 N–H and O–H groups in total. The van der Waals surface area contributed by atoms with Crippen molar-refractivity contribution in [3.05, 3.63) is 29.8 Å². The second kappa shape index (κ2) is 9.74. The van der Waals surface area contributed by atoms with Gasteiger partial charge in [-0.3, -0.25) is 4.79 Å². The molecule has 1 atom stereocenters. The van der Waals surface area contributed by atoms with Crippen LogP contribution in [0.15, 0.2) is 24.3 Å². The van der Waals surface area contributed by atoms with Gasteiger partial charge in [0.15, 0.2) is 0 Å². The van der Waals surface area contributed by atoms with Crippen LogP contribution < -0.4 is 15.5 Å². The summed E-state index contributed by atoms with van der Waals surface area (Å²) < 4.78 is 0. The molecule has 6 heteroatoms. The van der Waals surface area contributed by atoms with Crippen LogP contribution >= 0.6 is 0 Å². The number of hydrogen-bond donors (Lipinski definition) is 2. The average molecular weight is 373 g/mol. The fourth-order valence-corrected chi connectivity index (χ4v) is 3.88. The van der Waals surface area contributed by atoms with E-state index in [0.29, 0.717) is 19.5 Å². The molecule has 148 valence electrons. The van der Waals surface area contributed by atoms with E-state index in [4.69, 9.17) is 0 Å². The number of amides is 3. The Morgan fingerprint density at radius 2 is 1.81 bits per heavy atom. The van der Waals surface area contributed by atoms with Gasteiger partial charge in [0.25, 0.3) is 0 Å². The number of anilines is 1. The predicted octanol–water partition coefficient (Wildman–Crippen LogP) is 2.67. The first-order chi connectivity index (χ1) is 13.1. The molecule has 2 aliphatic heterocycles. The van der Waals surface area contributed by atoms with Gasteiger partial charge in [0, 0.05) is 25.2 Å². The standard InChI is InChI=1S/C21H32N4O2/c1-17-7-9-19(10-8-17)25-16-18(15-20(25)26)23-21(27)22-11-6-14-24-12-4-2-3-5-13-24/h7-10,18H,2-6,11-16H2,1H3,(H2,22,23,27). The van der Waals surface area contributed by atoms with E-state index in [2.05, 4.69) is 15.5 Å². The minimum Gasteiger partial charge on any atom is -0.338 e. The van der Waals surface area contributed by atoms with E-state index in [9.17, 15) is 9.59 Å². The smallest absolute Gasteiger partial charge is 0.315 e. The number of hydrogen-bond acceptors (Lipinski definition) is 3. The zero-order chi connectivity index (χ0) is 19.1. The second-order valence-electron chi connectivity index (χ2n) is 7.75. The second-order valence-corrected chi connectivity index (χ2v) is 7.75. The summed E-state index contributed by atoms with van der Waals surface area (Å²) in [5.74, 6) is 0.0605. The molecule has 0 aromatic heterocycles. The highest BCUT2D eigenvalue weighted by atomic mass is 16.2. The molecule has 3 rings (SSSR count). The zero-order valence-electron chi connectivity index (χ0n) is 16.4. The van der Waals surface area contributed by atoms with Crippen LogP contribution in [-0.2, 0) is 4.79 Å². The lowest BCUT2D eigenvalue weighted by molar-refractivity contribution is -0.117. The molecule has 2 saturated heterocycles. The van der Waals surface area contributed by atoms with E-state index < -0.39 is 0 Å². The predicted molar refractivity (Wildman–Crippen MR) is 108 cm³/mol. The number of benzene rings is 1. The molecule has 1 aromatic carbocycles. The molecule has 2 aliphatic rings. The Bertz CT molecular complexity index is 624. The summed E-state index contributed by atoms with van der Waals surface area (Å²) >= 11 is 0. The lowest BCUT2D eigenvalue weighted by Crippen LogP contribution is -2.44. The molecule has 2 heterocycles. The highest BCUT2D eigenvalue weighted by Crippen LogP contribution is 2.21. The van der Waals surface area contributed by atoms with Crippen LogP contribution in [-0.4, -0.2) is 55.6 Å². The molecule has 0 spiro atoms. The quantitative estimate of drug-likeness (QED) is 0.755. The monoisotopic (exact) mass is 372 g/mol. The van der Waals surface area contributed by atoms with Gasteiger partial charge in [-0.25, -0.2) is 4.79 Å². The summed E-state index contributed by atoms with van der Waals surface area (Å²) in [6, 6.07) is 7.61. The summed E-state index contributed by atoms with van der Waals surface area (Å²) in [6.45, 7) is 6.64. The maximum absolute atomic E-state index is 12.3. The molecule has 0 radical (unpaired) electrons. The van der Waals surface area contributed by atoms with Crippen LogP contribution in [0.3, 0.4) is 0 Å². The van der Waals surface area contributed by atoms with Crippen LogP contribution in [0, 0.1) is 6.92 Å². The summed E-state index contributed by atoms with van der Waals surface area (Å²) in [5.41, 5.74) is 2.06. The van der Waals surface area contributed by atoms with Crippen molar-refractivity contribution in [3.8, 4) is 0 Å². The molecule has 1 aromatic rings. The Labute approximate surface area is 162 Å². The summed E-state index contributed by atoms with van der Waals surface area (Å²) in [5, 5.41) is 5.88. The average Bonchev–Trinajstić information content (AvgIpc) is 2.84. The van der Waals surface area contributed by atoms with E-state index in [1.165, 1.54) is 44.3 Å². The van der Waals surface area contributed by atoms with Crippen molar-refractivity contribution in [2.75, 3.05) is 37.6 Å². The van der Waals surface area contributed by atoms with Gasteiger partial charge >= 0.3 is 6.03 Å². The van der Waals surface area contributed by atoms with Crippen LogP contribution in [0.4, 0.5) is 10.5 Å². The minimum atomic E-state index is -0.172. The SMILES string of the molecule is Cc1ccc(N2CC(NC(=O)NCCCN3CCCCCC3)CC2=O)cc1. The third-order valence-electron chi connectivity index (χ3n) is 5.44. The molecule has 2 fully saturated rings. The Morgan fingerprint density at radius 1 is 1.11 bits per heavy atom. The molecule has 27 heavy (non-hydrogen) atoms. The van der Waals surface area contributed by atoms with Crippen LogP contribution in [0.1, 0.15) is 44.1 Å². The van der Waals surface area contributed by atoms with Gasteiger partial charge in [0.1, 0.15) is 0 Å². The van der Waals surface area contributed by atoms with Gasteiger partial charge in [0.05, 0.1) is 6.04 Å². The number of carbonyl (C=O) groups excluding carboxylic acids is 2. The van der Waals surface area contributed by atoms with Crippen LogP contribution in [0.2, 0.25) is 0 Å². The van der Waals surface area contributed by atoms with Gasteiger partial charge in [-0.1, -0.05) is 30.5 Å². The largest absolute Gasteiger partial charge is 0.338 e. The Kier molecular flexibility index (Phi) is 7.10. The highest BCUT2D eigenvalue weighted by molar-refractivity contribution is 5.96. The van der Waals surface area contributed by atoms with E-state index in [1.54, 1.807) is 4.90 Å². The van der Waals surface area contributed by atoms with Gasteiger partial charge < -0.3 is 20.4 Å². The topological polar surface area (TPSA) is 64.7 Å². The number of aryl methyl sites for hydroxylation is 1. The minimum absolute atomic E-state index is 0.0605. The third kappa shape index (κ3) is 5.96. The number of likely N-dealkylation sites (tertiary alicyclic amines) is 1. The van der Waals surface area contributed by atoms with Crippen LogP contribution in [0.25, 0.3) is 0 Å². The highest BCUT2D eigenvalue weighted by Gasteiger charge is 2.31. The summed E-state index contributed by atoms with van der Waals surface area (Å²) in [6.07, 6.45) is 6.59. The molecular formula is C21H32N4O2. The maximum atomic E-state index is 12.3. The van der Waals surface area contributed by atoms with E-state index in [-0.39, 0.29) is 18.0 Å². The van der Waals surface area contributed by atoms with Crippen molar-refractivity contribution >= 4 is 17.6 Å². The first kappa shape index (κ1) is 19.7. The van der Waals surface area contributed by atoms with E-state index >= 15 is 0 Å². The van der Waals surface area contributed by atoms with Crippen molar-refractivity contribution in [1.82, 2.24) is 15.5 Å². The maximum Gasteiger partial charge on any atom is 0.315 e. The normalized spacial score (nSPS) is 21.1. The fraction of sp³-hybridized carbons (Fsp3) is 0.619. The Balaban J connectivity index is 1.35. The summed E-state index contributed by atoms with van der Waals surface area (Å²) in [4.78, 5) is 28.7. The third-order valence-corrected chi connectivity index (χ3v) is 5.44. The van der Waals surface area contributed by atoms with Gasteiger partial charge in [-0.05, 0) is 58.0 Å². The number of carbonyl (C=O) groups is 2. The number of nitrogens with zero attached hydrogens (tertiary/aromatic N) is 2. The molecule has 0 bridgehead atoms. The van der Waals surface area contributed by atoms with Crippen LogP contribution in [0.5, 0.6) is 0 Å². The van der Waals surface area contributed by atoms with Crippen molar-refractivity contribution in [2.45, 2.75) is 51.5 Å². The molecule has 6 nitrogen and oxygen atoms in total. The Morgan fingerprint density at radius 3 is 2.52 bits per heavy atom. The zero-order valence-corrected chi connectivity index (χ0v) is 16.4. The molecule has 1 unspecified atom stereocenters. The molecule has 0 aliphatic carbocycles. The van der Waals surface area contributed by atoms with E-state index in [0.717, 1.165) is 18.7 Å². The van der Waals surface area contributed by atoms with Gasteiger partial charge in [0.2, 0.25) is 5.91 Å². The van der Waals surface area contributed by atoms with Crippen molar-refractivity contribution in [1.29, 1.82) is 0 Å². The van der Waals surface area contributed by atoms with Gasteiger partial charge in [-0.15, -0.1) is 0 Å².